The fraction of sp³-hybridized carbons (Fsp3) is 0.385. The smallest absolute Gasteiger partial charge is 0.289 e. The fourth-order valence-electron chi connectivity index (χ4n) is 1.93. The SMILES string of the molecule is CCCCn1c(C(F)(F)F)nc2ccc(I)cc2c1=O. The number of rotatable bonds is 3. The Morgan fingerprint density at radius 3 is 2.65 bits per heavy atom. The Hall–Kier alpha value is -1.12. The van der Waals surface area contributed by atoms with Crippen LogP contribution in [-0.4, -0.2) is 9.55 Å². The first-order valence-electron chi connectivity index (χ1n) is 6.12. The molecule has 1 aromatic heterocycles. The zero-order valence-corrected chi connectivity index (χ0v) is 12.8. The highest BCUT2D eigenvalue weighted by Crippen LogP contribution is 2.28. The summed E-state index contributed by atoms with van der Waals surface area (Å²) < 4.78 is 40.6. The van der Waals surface area contributed by atoms with Crippen LogP contribution in [0.15, 0.2) is 23.0 Å². The van der Waals surface area contributed by atoms with E-state index in [1.165, 1.54) is 6.07 Å². The van der Waals surface area contributed by atoms with Crippen molar-refractivity contribution in [3.05, 3.63) is 37.9 Å². The van der Waals surface area contributed by atoms with Gasteiger partial charge in [0.25, 0.3) is 5.56 Å². The largest absolute Gasteiger partial charge is 0.449 e. The molecule has 0 spiro atoms. The molecule has 2 rings (SSSR count). The third-order valence-electron chi connectivity index (χ3n) is 2.91. The van der Waals surface area contributed by atoms with Crippen LogP contribution in [0.25, 0.3) is 10.9 Å². The van der Waals surface area contributed by atoms with Crippen LogP contribution in [0.3, 0.4) is 0 Å². The molecule has 1 heterocycles. The van der Waals surface area contributed by atoms with Crippen LogP contribution in [0.5, 0.6) is 0 Å². The molecule has 7 heteroatoms. The zero-order chi connectivity index (χ0) is 14.9. The highest BCUT2D eigenvalue weighted by molar-refractivity contribution is 14.1. The number of halogens is 4. The van der Waals surface area contributed by atoms with Crippen molar-refractivity contribution in [2.45, 2.75) is 32.5 Å². The van der Waals surface area contributed by atoms with E-state index in [4.69, 9.17) is 0 Å². The first-order valence-corrected chi connectivity index (χ1v) is 7.19. The monoisotopic (exact) mass is 396 g/mol. The zero-order valence-electron chi connectivity index (χ0n) is 10.7. The molecule has 0 bridgehead atoms. The summed E-state index contributed by atoms with van der Waals surface area (Å²) in [7, 11) is 0. The predicted molar refractivity (Wildman–Crippen MR) is 78.6 cm³/mol. The maximum Gasteiger partial charge on any atom is 0.449 e. The van der Waals surface area contributed by atoms with Gasteiger partial charge in [0.15, 0.2) is 0 Å². The Bertz CT molecular complexity index is 694. The van der Waals surface area contributed by atoms with Gasteiger partial charge in [-0.15, -0.1) is 0 Å². The number of nitrogens with zero attached hydrogens (tertiary/aromatic N) is 2. The van der Waals surface area contributed by atoms with E-state index in [9.17, 15) is 18.0 Å². The quantitative estimate of drug-likeness (QED) is 0.740. The second-order valence-electron chi connectivity index (χ2n) is 4.40. The Kier molecular flexibility index (Phi) is 4.36. The molecule has 0 amide bonds. The van der Waals surface area contributed by atoms with Crippen LogP contribution < -0.4 is 5.56 Å². The van der Waals surface area contributed by atoms with Gasteiger partial charge in [-0.05, 0) is 47.2 Å². The topological polar surface area (TPSA) is 34.9 Å². The highest BCUT2D eigenvalue weighted by atomic mass is 127. The summed E-state index contributed by atoms with van der Waals surface area (Å²) in [6.45, 7) is 1.88. The third-order valence-corrected chi connectivity index (χ3v) is 3.58. The van der Waals surface area contributed by atoms with Gasteiger partial charge < -0.3 is 0 Å². The van der Waals surface area contributed by atoms with E-state index in [1.807, 2.05) is 29.5 Å². The van der Waals surface area contributed by atoms with Crippen molar-refractivity contribution >= 4 is 33.5 Å². The lowest BCUT2D eigenvalue weighted by Crippen LogP contribution is -2.30. The normalized spacial score (nSPS) is 12.1. The summed E-state index contributed by atoms with van der Waals surface area (Å²) in [5, 5.41) is 0.223. The molecule has 0 atom stereocenters. The van der Waals surface area contributed by atoms with Crippen molar-refractivity contribution in [1.29, 1.82) is 0 Å². The minimum atomic E-state index is -4.63. The minimum Gasteiger partial charge on any atom is -0.289 e. The lowest BCUT2D eigenvalue weighted by atomic mass is 10.2. The predicted octanol–water partition coefficient (Wildman–Crippen LogP) is 3.82. The molecule has 3 nitrogen and oxygen atoms in total. The molecule has 20 heavy (non-hydrogen) atoms. The van der Waals surface area contributed by atoms with Crippen LogP contribution in [0.2, 0.25) is 0 Å². The number of fused-ring (bicyclic) bond motifs is 1. The van der Waals surface area contributed by atoms with E-state index >= 15 is 0 Å². The van der Waals surface area contributed by atoms with Gasteiger partial charge in [-0.1, -0.05) is 13.3 Å². The molecule has 0 N–H and O–H groups in total. The molecule has 0 saturated carbocycles. The van der Waals surface area contributed by atoms with Crippen molar-refractivity contribution in [2.24, 2.45) is 0 Å². The summed E-state index contributed by atoms with van der Waals surface area (Å²) in [4.78, 5) is 15.9. The van der Waals surface area contributed by atoms with Crippen LogP contribution in [0, 0.1) is 3.57 Å². The number of hydrogen-bond acceptors (Lipinski definition) is 2. The molecule has 0 unspecified atom stereocenters. The summed E-state index contributed by atoms with van der Waals surface area (Å²) in [6, 6.07) is 4.64. The number of hydrogen-bond donors (Lipinski definition) is 0. The lowest BCUT2D eigenvalue weighted by molar-refractivity contribution is -0.148. The summed E-state index contributed by atoms with van der Waals surface area (Å²) in [5.74, 6) is -1.12. The lowest BCUT2D eigenvalue weighted by Gasteiger charge is -2.15. The average Bonchev–Trinajstić information content (AvgIpc) is 2.37. The molecule has 2 aromatic rings. The van der Waals surface area contributed by atoms with Crippen molar-refractivity contribution in [1.82, 2.24) is 9.55 Å². The fourth-order valence-corrected chi connectivity index (χ4v) is 2.42. The molecule has 0 aliphatic carbocycles. The minimum absolute atomic E-state index is 0.0264. The van der Waals surface area contributed by atoms with E-state index in [0.29, 0.717) is 12.8 Å². The van der Waals surface area contributed by atoms with Crippen LogP contribution in [-0.2, 0) is 12.7 Å². The van der Waals surface area contributed by atoms with E-state index < -0.39 is 17.6 Å². The van der Waals surface area contributed by atoms with Crippen LogP contribution in [0.1, 0.15) is 25.6 Å². The van der Waals surface area contributed by atoms with Crippen molar-refractivity contribution in [3.63, 3.8) is 0 Å². The van der Waals surface area contributed by atoms with Crippen LogP contribution >= 0.6 is 22.6 Å². The van der Waals surface area contributed by atoms with Gasteiger partial charge in [0, 0.05) is 10.1 Å². The molecule has 0 saturated heterocycles. The van der Waals surface area contributed by atoms with Crippen LogP contribution in [0.4, 0.5) is 13.2 Å². The molecule has 0 aliphatic heterocycles. The summed E-state index contributed by atoms with van der Waals surface area (Å²) in [5.41, 5.74) is -0.551. The third kappa shape index (κ3) is 2.97. The van der Waals surface area contributed by atoms with Gasteiger partial charge in [0.05, 0.1) is 10.9 Å². The average molecular weight is 396 g/mol. The van der Waals surface area contributed by atoms with E-state index in [1.54, 1.807) is 12.1 Å². The Morgan fingerprint density at radius 1 is 1.35 bits per heavy atom. The maximum absolute atomic E-state index is 13.0. The molecule has 0 radical (unpaired) electrons. The van der Waals surface area contributed by atoms with E-state index in [2.05, 4.69) is 4.98 Å². The number of benzene rings is 1. The molecule has 108 valence electrons. The highest BCUT2D eigenvalue weighted by Gasteiger charge is 2.37. The standard InChI is InChI=1S/C13H12F3IN2O/c1-2-3-6-19-11(20)9-7-8(17)4-5-10(9)18-12(19)13(14,15)16/h4-5,7H,2-3,6H2,1H3. The summed E-state index contributed by atoms with van der Waals surface area (Å²) in [6.07, 6.45) is -3.43. The summed E-state index contributed by atoms with van der Waals surface area (Å²) >= 11 is 2.01. The van der Waals surface area contributed by atoms with Gasteiger partial charge >= 0.3 is 6.18 Å². The molecular weight excluding hydrogens is 384 g/mol. The number of aromatic nitrogens is 2. The van der Waals surface area contributed by atoms with Crippen molar-refractivity contribution < 1.29 is 13.2 Å². The van der Waals surface area contributed by atoms with Gasteiger partial charge in [-0.3, -0.25) is 9.36 Å². The number of unbranched alkanes of at least 4 members (excludes halogenated alkanes) is 1. The Labute approximate surface area is 127 Å². The molecule has 0 aliphatic rings. The second-order valence-corrected chi connectivity index (χ2v) is 5.65. The number of alkyl halides is 3. The molecule has 1 aromatic carbocycles. The Morgan fingerprint density at radius 2 is 2.05 bits per heavy atom. The maximum atomic E-state index is 13.0. The Balaban J connectivity index is 2.76. The first-order chi connectivity index (χ1) is 9.34. The molecular formula is C13H12F3IN2O. The van der Waals surface area contributed by atoms with Gasteiger partial charge in [0.1, 0.15) is 0 Å². The van der Waals surface area contributed by atoms with Crippen molar-refractivity contribution in [3.8, 4) is 0 Å². The van der Waals surface area contributed by atoms with E-state index in [-0.39, 0.29) is 17.4 Å². The molecule has 0 fully saturated rings. The first kappa shape index (κ1) is 15.3. The van der Waals surface area contributed by atoms with Gasteiger partial charge in [-0.25, -0.2) is 4.98 Å². The van der Waals surface area contributed by atoms with Gasteiger partial charge in [0.2, 0.25) is 5.82 Å². The second kappa shape index (κ2) is 5.71. The van der Waals surface area contributed by atoms with Gasteiger partial charge in [-0.2, -0.15) is 13.2 Å². The van der Waals surface area contributed by atoms with Crippen molar-refractivity contribution in [2.75, 3.05) is 0 Å². The van der Waals surface area contributed by atoms with E-state index in [0.717, 1.165) is 8.14 Å².